The van der Waals surface area contributed by atoms with Crippen LogP contribution in [0, 0.1) is 5.82 Å². The van der Waals surface area contributed by atoms with Gasteiger partial charge in [-0.3, -0.25) is 4.79 Å². The fourth-order valence-electron chi connectivity index (χ4n) is 3.37. The zero-order valence-corrected chi connectivity index (χ0v) is 18.1. The molecule has 1 fully saturated rings. The Morgan fingerprint density at radius 2 is 1.70 bits per heavy atom. The summed E-state index contributed by atoms with van der Waals surface area (Å²) >= 11 is 6.05. The molecule has 0 unspecified atom stereocenters. The van der Waals surface area contributed by atoms with Crippen molar-refractivity contribution in [2.45, 2.75) is 12.8 Å². The first-order chi connectivity index (χ1) is 14.3. The number of sulfonamides is 1. The minimum Gasteiger partial charge on any atom is -0.369 e. The summed E-state index contributed by atoms with van der Waals surface area (Å²) < 4.78 is 39.7. The van der Waals surface area contributed by atoms with Crippen LogP contribution in [0.15, 0.2) is 48.5 Å². The van der Waals surface area contributed by atoms with Gasteiger partial charge in [0, 0.05) is 43.4 Å². The number of anilines is 1. The normalized spacial score (nSPS) is 15.2. The van der Waals surface area contributed by atoms with Crippen LogP contribution in [0.3, 0.4) is 0 Å². The van der Waals surface area contributed by atoms with Crippen molar-refractivity contribution >= 4 is 33.2 Å². The molecule has 30 heavy (non-hydrogen) atoms. The van der Waals surface area contributed by atoms with Crippen molar-refractivity contribution in [1.29, 1.82) is 0 Å². The third-order valence-corrected chi connectivity index (χ3v) is 7.36. The van der Waals surface area contributed by atoms with Crippen LogP contribution < -0.4 is 10.2 Å². The Labute approximate surface area is 181 Å². The summed E-state index contributed by atoms with van der Waals surface area (Å²) in [5.74, 6) is -0.497. The van der Waals surface area contributed by atoms with E-state index in [0.29, 0.717) is 37.6 Å². The number of nitrogens with zero attached hydrogens (tertiary/aromatic N) is 2. The zero-order chi connectivity index (χ0) is 21.6. The van der Waals surface area contributed by atoms with Gasteiger partial charge >= 0.3 is 0 Å². The Balaban J connectivity index is 1.40. The number of rotatable bonds is 8. The van der Waals surface area contributed by atoms with Gasteiger partial charge in [-0.1, -0.05) is 29.8 Å². The monoisotopic (exact) mass is 453 g/mol. The molecule has 3 rings (SSSR count). The Morgan fingerprint density at radius 3 is 2.37 bits per heavy atom. The maximum atomic E-state index is 13.1. The Kier molecular flexibility index (Phi) is 7.69. The van der Waals surface area contributed by atoms with E-state index in [9.17, 15) is 17.6 Å². The van der Waals surface area contributed by atoms with Gasteiger partial charge in [-0.2, -0.15) is 4.31 Å². The van der Waals surface area contributed by atoms with Crippen molar-refractivity contribution < 1.29 is 17.6 Å². The number of amides is 1. The number of benzene rings is 2. The Bertz CT molecular complexity index is 962. The summed E-state index contributed by atoms with van der Waals surface area (Å²) in [7, 11) is -3.38. The molecule has 2 aromatic carbocycles. The van der Waals surface area contributed by atoms with E-state index >= 15 is 0 Å². The fourth-order valence-corrected chi connectivity index (χ4v) is 5.05. The maximum Gasteiger partial charge on any atom is 0.224 e. The number of hydrogen-bond acceptors (Lipinski definition) is 4. The second-order valence-electron chi connectivity index (χ2n) is 7.15. The molecule has 1 aliphatic rings. The zero-order valence-electron chi connectivity index (χ0n) is 16.6. The minimum atomic E-state index is -3.38. The molecule has 0 bridgehead atoms. The summed E-state index contributed by atoms with van der Waals surface area (Å²) in [6.45, 7) is 2.17. The molecule has 1 amide bonds. The standard InChI is InChI=1S/C21H25ClFN3O3S/c22-20-5-2-1-4-17(20)16-21(27)24-10-3-15-30(28,29)26-13-11-25(12-14-26)19-8-6-18(23)7-9-19/h1-2,4-9H,3,10-16H2,(H,24,27). The highest BCUT2D eigenvalue weighted by Gasteiger charge is 2.26. The van der Waals surface area contributed by atoms with Gasteiger partial charge in [0.25, 0.3) is 0 Å². The largest absolute Gasteiger partial charge is 0.369 e. The van der Waals surface area contributed by atoms with E-state index < -0.39 is 10.0 Å². The molecule has 9 heteroatoms. The fraction of sp³-hybridized carbons (Fsp3) is 0.381. The molecule has 162 valence electrons. The summed E-state index contributed by atoms with van der Waals surface area (Å²) in [6, 6.07) is 13.3. The molecular formula is C21H25ClFN3O3S. The van der Waals surface area contributed by atoms with Crippen LogP contribution in [0.2, 0.25) is 5.02 Å². The van der Waals surface area contributed by atoms with Crippen LogP contribution >= 0.6 is 11.6 Å². The molecular weight excluding hydrogens is 429 g/mol. The summed E-state index contributed by atoms with van der Waals surface area (Å²) in [4.78, 5) is 14.1. The first-order valence-corrected chi connectivity index (χ1v) is 11.8. The second-order valence-corrected chi connectivity index (χ2v) is 9.65. The van der Waals surface area contributed by atoms with Crippen LogP contribution in [0.4, 0.5) is 10.1 Å². The summed E-state index contributed by atoms with van der Waals surface area (Å²) in [6.07, 6.45) is 0.506. The van der Waals surface area contributed by atoms with Crippen LogP contribution in [0.5, 0.6) is 0 Å². The van der Waals surface area contributed by atoms with E-state index in [1.54, 1.807) is 30.3 Å². The lowest BCUT2D eigenvalue weighted by molar-refractivity contribution is -0.120. The molecule has 1 N–H and O–H groups in total. The second kappa shape index (κ2) is 10.2. The third-order valence-electron chi connectivity index (χ3n) is 5.03. The number of carbonyl (C=O) groups is 1. The van der Waals surface area contributed by atoms with E-state index in [0.717, 1.165) is 11.3 Å². The maximum absolute atomic E-state index is 13.1. The summed E-state index contributed by atoms with van der Waals surface area (Å²) in [5, 5.41) is 3.28. The lowest BCUT2D eigenvalue weighted by Gasteiger charge is -2.35. The first-order valence-electron chi connectivity index (χ1n) is 9.83. The first kappa shape index (κ1) is 22.5. The quantitative estimate of drug-likeness (QED) is 0.624. The molecule has 2 aromatic rings. The van der Waals surface area contributed by atoms with Gasteiger partial charge in [0.05, 0.1) is 12.2 Å². The highest BCUT2D eigenvalue weighted by atomic mass is 35.5. The molecule has 1 heterocycles. The predicted octanol–water partition coefficient (Wildman–Crippen LogP) is 2.68. The average Bonchev–Trinajstić information content (AvgIpc) is 2.74. The highest BCUT2D eigenvalue weighted by molar-refractivity contribution is 7.89. The smallest absolute Gasteiger partial charge is 0.224 e. The molecule has 0 spiro atoms. The minimum absolute atomic E-state index is 0.0179. The van der Waals surface area contributed by atoms with Crippen molar-refractivity contribution in [3.63, 3.8) is 0 Å². The van der Waals surface area contributed by atoms with Crippen molar-refractivity contribution in [2.75, 3.05) is 43.4 Å². The van der Waals surface area contributed by atoms with Gasteiger partial charge in [-0.15, -0.1) is 0 Å². The predicted molar refractivity (Wildman–Crippen MR) is 117 cm³/mol. The molecule has 1 saturated heterocycles. The van der Waals surface area contributed by atoms with E-state index in [-0.39, 0.29) is 30.4 Å². The number of nitrogens with one attached hydrogen (secondary N) is 1. The number of piperazine rings is 1. The van der Waals surface area contributed by atoms with E-state index in [1.165, 1.54) is 16.4 Å². The van der Waals surface area contributed by atoms with Crippen LogP contribution in [0.1, 0.15) is 12.0 Å². The highest BCUT2D eigenvalue weighted by Crippen LogP contribution is 2.18. The van der Waals surface area contributed by atoms with Gasteiger partial charge < -0.3 is 10.2 Å². The lowest BCUT2D eigenvalue weighted by atomic mass is 10.1. The molecule has 0 aliphatic carbocycles. The average molecular weight is 454 g/mol. The van der Waals surface area contributed by atoms with Crippen molar-refractivity contribution in [3.8, 4) is 0 Å². The molecule has 6 nitrogen and oxygen atoms in total. The SMILES string of the molecule is O=C(Cc1ccccc1Cl)NCCCS(=O)(=O)N1CCN(c2ccc(F)cc2)CC1. The van der Waals surface area contributed by atoms with Crippen molar-refractivity contribution in [2.24, 2.45) is 0 Å². The van der Waals surface area contributed by atoms with Crippen molar-refractivity contribution in [3.05, 3.63) is 64.9 Å². The molecule has 1 aliphatic heterocycles. The van der Waals surface area contributed by atoms with Crippen LogP contribution in [0.25, 0.3) is 0 Å². The van der Waals surface area contributed by atoms with E-state index in [2.05, 4.69) is 5.32 Å². The molecule has 0 saturated carbocycles. The number of carbonyl (C=O) groups excluding carboxylic acids is 1. The summed E-state index contributed by atoms with van der Waals surface area (Å²) in [5.41, 5.74) is 1.62. The van der Waals surface area contributed by atoms with Gasteiger partial charge in [0.15, 0.2) is 0 Å². The topological polar surface area (TPSA) is 69.7 Å². The van der Waals surface area contributed by atoms with Gasteiger partial charge in [-0.05, 0) is 42.3 Å². The number of halogens is 2. The molecule has 0 aromatic heterocycles. The van der Waals surface area contributed by atoms with Crippen molar-refractivity contribution in [1.82, 2.24) is 9.62 Å². The Hall–Kier alpha value is -2.16. The van der Waals surface area contributed by atoms with Crippen LogP contribution in [-0.2, 0) is 21.2 Å². The van der Waals surface area contributed by atoms with E-state index in [4.69, 9.17) is 11.6 Å². The Morgan fingerprint density at radius 1 is 1.03 bits per heavy atom. The van der Waals surface area contributed by atoms with Gasteiger partial charge in [0.1, 0.15) is 5.82 Å². The van der Waals surface area contributed by atoms with Gasteiger partial charge in [-0.25, -0.2) is 12.8 Å². The van der Waals surface area contributed by atoms with E-state index in [1.807, 2.05) is 11.0 Å². The number of hydrogen-bond donors (Lipinski definition) is 1. The van der Waals surface area contributed by atoms with Gasteiger partial charge in [0.2, 0.25) is 15.9 Å². The van der Waals surface area contributed by atoms with Crippen LogP contribution in [-0.4, -0.2) is 57.1 Å². The third kappa shape index (κ3) is 6.17. The lowest BCUT2D eigenvalue weighted by Crippen LogP contribution is -2.49. The molecule has 0 atom stereocenters. The molecule has 0 radical (unpaired) electrons.